The van der Waals surface area contributed by atoms with E-state index in [9.17, 15) is 4.79 Å². The van der Waals surface area contributed by atoms with Gasteiger partial charge < -0.3 is 16.2 Å². The van der Waals surface area contributed by atoms with E-state index in [1.165, 1.54) is 11.8 Å². The summed E-state index contributed by atoms with van der Waals surface area (Å²) in [5.41, 5.74) is 6.69. The summed E-state index contributed by atoms with van der Waals surface area (Å²) in [6.07, 6.45) is 0. The zero-order chi connectivity index (χ0) is 12.8. The molecule has 0 aromatic heterocycles. The smallest absolute Gasteiger partial charge is 0.234 e. The second-order valence-electron chi connectivity index (χ2n) is 3.58. The van der Waals surface area contributed by atoms with Gasteiger partial charge >= 0.3 is 0 Å². The quantitative estimate of drug-likeness (QED) is 0.718. The molecule has 1 unspecified atom stereocenters. The monoisotopic (exact) mass is 274 g/mol. The fourth-order valence-corrected chi connectivity index (χ4v) is 1.90. The molecule has 1 aromatic carbocycles. The minimum Gasteiger partial charge on any atom is -0.397 e. The summed E-state index contributed by atoms with van der Waals surface area (Å²) >= 11 is 7.13. The molecule has 1 rings (SSSR count). The zero-order valence-electron chi connectivity index (χ0n) is 9.44. The standard InChI is InChI=1S/C11H15ClN2O2S/c1-7(5-15)17-6-11(16)14-10-3-2-8(12)4-9(10)13/h2-4,7,15H,5-6,13H2,1H3,(H,14,16). The molecule has 4 nitrogen and oxygen atoms in total. The molecule has 0 bridgehead atoms. The number of aliphatic hydroxyl groups is 1. The third-order valence-electron chi connectivity index (χ3n) is 2.04. The summed E-state index contributed by atoms with van der Waals surface area (Å²) in [6, 6.07) is 4.91. The number of anilines is 2. The van der Waals surface area contributed by atoms with E-state index >= 15 is 0 Å². The Morgan fingerprint density at radius 3 is 2.94 bits per heavy atom. The summed E-state index contributed by atoms with van der Waals surface area (Å²) in [5.74, 6) is 0.133. The zero-order valence-corrected chi connectivity index (χ0v) is 11.0. The molecule has 0 fully saturated rings. The molecule has 17 heavy (non-hydrogen) atoms. The van der Waals surface area contributed by atoms with Gasteiger partial charge in [-0.25, -0.2) is 0 Å². The van der Waals surface area contributed by atoms with E-state index in [1.807, 2.05) is 6.92 Å². The largest absolute Gasteiger partial charge is 0.397 e. The minimum absolute atomic E-state index is 0.0447. The van der Waals surface area contributed by atoms with Crippen molar-refractivity contribution in [2.45, 2.75) is 12.2 Å². The van der Waals surface area contributed by atoms with Gasteiger partial charge in [0.05, 0.1) is 23.7 Å². The summed E-state index contributed by atoms with van der Waals surface area (Å²) < 4.78 is 0. The molecule has 1 amide bonds. The number of nitrogens with two attached hydrogens (primary N) is 1. The van der Waals surface area contributed by atoms with Crippen molar-refractivity contribution in [1.29, 1.82) is 0 Å². The predicted octanol–water partition coefficient (Wildman–Crippen LogP) is 1.97. The molecular formula is C11H15ClN2O2S. The Kier molecular flexibility index (Phi) is 5.61. The molecule has 1 aromatic rings. The van der Waals surface area contributed by atoms with E-state index in [-0.39, 0.29) is 23.5 Å². The van der Waals surface area contributed by atoms with E-state index in [1.54, 1.807) is 18.2 Å². The van der Waals surface area contributed by atoms with Crippen LogP contribution >= 0.6 is 23.4 Å². The Hall–Kier alpha value is -0.910. The number of thioether (sulfide) groups is 1. The predicted molar refractivity (Wildman–Crippen MR) is 73.5 cm³/mol. The first-order chi connectivity index (χ1) is 8.02. The SMILES string of the molecule is CC(CO)SCC(=O)Nc1ccc(Cl)cc1N. The highest BCUT2D eigenvalue weighted by Gasteiger charge is 2.08. The first-order valence-corrected chi connectivity index (χ1v) is 6.53. The van der Waals surface area contributed by atoms with Crippen LogP contribution in [0.2, 0.25) is 5.02 Å². The summed E-state index contributed by atoms with van der Waals surface area (Å²) in [6.45, 7) is 1.91. The normalized spacial score (nSPS) is 12.2. The molecule has 0 aliphatic rings. The van der Waals surface area contributed by atoms with Gasteiger partial charge in [-0.3, -0.25) is 4.79 Å². The van der Waals surface area contributed by atoms with Gasteiger partial charge in [-0.15, -0.1) is 11.8 Å². The molecule has 4 N–H and O–H groups in total. The summed E-state index contributed by atoms with van der Waals surface area (Å²) in [5, 5.41) is 12.1. The third kappa shape index (κ3) is 4.85. The van der Waals surface area contributed by atoms with Crippen LogP contribution in [-0.4, -0.2) is 28.6 Å². The Morgan fingerprint density at radius 1 is 1.65 bits per heavy atom. The number of nitrogen functional groups attached to an aromatic ring is 1. The van der Waals surface area contributed by atoms with Crippen molar-refractivity contribution in [1.82, 2.24) is 0 Å². The number of carbonyl (C=O) groups is 1. The first-order valence-electron chi connectivity index (χ1n) is 5.10. The van der Waals surface area contributed by atoms with Crippen molar-refractivity contribution >= 4 is 40.6 Å². The van der Waals surface area contributed by atoms with Crippen LogP contribution in [0.25, 0.3) is 0 Å². The van der Waals surface area contributed by atoms with Crippen LogP contribution in [0.3, 0.4) is 0 Å². The highest BCUT2D eigenvalue weighted by molar-refractivity contribution is 8.00. The lowest BCUT2D eigenvalue weighted by Crippen LogP contribution is -2.17. The van der Waals surface area contributed by atoms with E-state index < -0.39 is 0 Å². The second kappa shape index (κ2) is 6.74. The van der Waals surface area contributed by atoms with Crippen molar-refractivity contribution in [3.63, 3.8) is 0 Å². The van der Waals surface area contributed by atoms with Crippen LogP contribution in [0.15, 0.2) is 18.2 Å². The van der Waals surface area contributed by atoms with Crippen LogP contribution in [-0.2, 0) is 4.79 Å². The maximum Gasteiger partial charge on any atom is 0.234 e. The average Bonchev–Trinajstić information content (AvgIpc) is 2.29. The average molecular weight is 275 g/mol. The molecule has 0 saturated carbocycles. The Labute approximate surface area is 110 Å². The second-order valence-corrected chi connectivity index (χ2v) is 5.45. The molecular weight excluding hydrogens is 260 g/mol. The van der Waals surface area contributed by atoms with Crippen molar-refractivity contribution in [2.24, 2.45) is 0 Å². The number of halogens is 1. The van der Waals surface area contributed by atoms with E-state index in [4.69, 9.17) is 22.4 Å². The lowest BCUT2D eigenvalue weighted by molar-refractivity contribution is -0.113. The lowest BCUT2D eigenvalue weighted by atomic mass is 10.2. The van der Waals surface area contributed by atoms with E-state index in [0.717, 1.165) is 0 Å². The fraction of sp³-hybridized carbons (Fsp3) is 0.364. The molecule has 0 aliphatic heterocycles. The highest BCUT2D eigenvalue weighted by atomic mass is 35.5. The number of rotatable bonds is 5. The van der Waals surface area contributed by atoms with Crippen LogP contribution in [0.1, 0.15) is 6.92 Å². The third-order valence-corrected chi connectivity index (χ3v) is 3.43. The number of hydrogen-bond acceptors (Lipinski definition) is 4. The van der Waals surface area contributed by atoms with Crippen LogP contribution in [0.4, 0.5) is 11.4 Å². The molecule has 0 spiro atoms. The topological polar surface area (TPSA) is 75.3 Å². The Morgan fingerprint density at radius 2 is 2.35 bits per heavy atom. The van der Waals surface area contributed by atoms with E-state index in [2.05, 4.69) is 5.32 Å². The molecule has 6 heteroatoms. The molecule has 0 radical (unpaired) electrons. The molecule has 1 atom stereocenters. The Balaban J connectivity index is 2.50. The van der Waals surface area contributed by atoms with Crippen molar-refractivity contribution in [3.05, 3.63) is 23.2 Å². The number of aliphatic hydroxyl groups excluding tert-OH is 1. The summed E-state index contributed by atoms with van der Waals surface area (Å²) in [7, 11) is 0. The summed E-state index contributed by atoms with van der Waals surface area (Å²) in [4.78, 5) is 11.6. The maximum atomic E-state index is 11.6. The lowest BCUT2D eigenvalue weighted by Gasteiger charge is -2.10. The van der Waals surface area contributed by atoms with Crippen molar-refractivity contribution in [3.8, 4) is 0 Å². The number of benzene rings is 1. The van der Waals surface area contributed by atoms with Gasteiger partial charge in [0.2, 0.25) is 5.91 Å². The molecule has 0 saturated heterocycles. The maximum absolute atomic E-state index is 11.6. The van der Waals surface area contributed by atoms with Crippen molar-refractivity contribution < 1.29 is 9.90 Å². The van der Waals surface area contributed by atoms with Gasteiger partial charge in [0.15, 0.2) is 0 Å². The van der Waals surface area contributed by atoms with Crippen LogP contribution < -0.4 is 11.1 Å². The highest BCUT2D eigenvalue weighted by Crippen LogP contribution is 2.22. The molecule has 0 aliphatic carbocycles. The number of hydrogen-bond donors (Lipinski definition) is 3. The molecule has 94 valence electrons. The van der Waals surface area contributed by atoms with Crippen LogP contribution in [0, 0.1) is 0 Å². The Bertz CT molecular complexity index is 401. The van der Waals surface area contributed by atoms with Gasteiger partial charge in [-0.1, -0.05) is 18.5 Å². The van der Waals surface area contributed by atoms with Gasteiger partial charge in [0.25, 0.3) is 0 Å². The van der Waals surface area contributed by atoms with Crippen LogP contribution in [0.5, 0.6) is 0 Å². The van der Waals surface area contributed by atoms with Gasteiger partial charge in [0.1, 0.15) is 0 Å². The molecule has 0 heterocycles. The van der Waals surface area contributed by atoms with Crippen molar-refractivity contribution in [2.75, 3.05) is 23.4 Å². The first kappa shape index (κ1) is 14.2. The fourth-order valence-electron chi connectivity index (χ4n) is 1.10. The van der Waals surface area contributed by atoms with Gasteiger partial charge in [0, 0.05) is 10.3 Å². The van der Waals surface area contributed by atoms with Gasteiger partial charge in [-0.05, 0) is 18.2 Å². The number of nitrogens with one attached hydrogen (secondary N) is 1. The minimum atomic E-state index is -0.149. The van der Waals surface area contributed by atoms with Gasteiger partial charge in [-0.2, -0.15) is 0 Å². The van der Waals surface area contributed by atoms with E-state index in [0.29, 0.717) is 16.4 Å². The number of carbonyl (C=O) groups excluding carboxylic acids is 1. The number of amides is 1.